The number of anilines is 5. The molecule has 1 aromatic heterocycles. The van der Waals surface area contributed by atoms with Gasteiger partial charge in [0.15, 0.2) is 0 Å². The fourth-order valence-electron chi connectivity index (χ4n) is 2.86. The van der Waals surface area contributed by atoms with E-state index in [9.17, 15) is 4.79 Å². The number of aromatic nitrogens is 2. The van der Waals surface area contributed by atoms with Crippen LogP contribution in [0.3, 0.4) is 0 Å². The van der Waals surface area contributed by atoms with Crippen LogP contribution < -0.4 is 20.9 Å². The molecule has 30 heavy (non-hydrogen) atoms. The first-order valence-electron chi connectivity index (χ1n) is 9.46. The van der Waals surface area contributed by atoms with E-state index >= 15 is 0 Å². The summed E-state index contributed by atoms with van der Waals surface area (Å²) in [5, 5.41) is 9.16. The van der Waals surface area contributed by atoms with Gasteiger partial charge in [0.2, 0.25) is 0 Å². The quantitative estimate of drug-likeness (QED) is 0.415. The number of carbonyl (C=O) groups is 1. The first-order chi connectivity index (χ1) is 14.5. The lowest BCUT2D eigenvalue weighted by Crippen LogP contribution is -2.21. The average molecular weight is 445 g/mol. The second-order valence-corrected chi connectivity index (χ2v) is 7.12. The molecule has 0 spiro atoms. The van der Waals surface area contributed by atoms with Gasteiger partial charge in [0, 0.05) is 30.5 Å². The summed E-state index contributed by atoms with van der Waals surface area (Å²) in [5.41, 5.74) is 2.37. The van der Waals surface area contributed by atoms with Gasteiger partial charge < -0.3 is 15.5 Å². The van der Waals surface area contributed by atoms with E-state index in [1.807, 2.05) is 12.1 Å². The van der Waals surface area contributed by atoms with Crippen molar-refractivity contribution < 1.29 is 4.79 Å². The standard InChI is InChI=1S/C21H22Cl2N6O/c1-3-29(4-2)15-10-8-14(9-11-15)26-18-12-19(25-13-24-18)27-21(30)28-20-16(22)6-5-7-17(20)23/h5-13H,3-4H2,1-2H3,(H3,24,25,26,27,28,30). The van der Waals surface area contributed by atoms with Gasteiger partial charge in [0.1, 0.15) is 18.0 Å². The highest BCUT2D eigenvalue weighted by atomic mass is 35.5. The minimum absolute atomic E-state index is 0.327. The minimum atomic E-state index is -0.516. The van der Waals surface area contributed by atoms with Crippen LogP contribution in [0.2, 0.25) is 10.0 Å². The fraction of sp³-hybridized carbons (Fsp3) is 0.190. The molecule has 3 rings (SSSR count). The highest BCUT2D eigenvalue weighted by Gasteiger charge is 2.11. The maximum Gasteiger partial charge on any atom is 0.324 e. The molecule has 0 aliphatic heterocycles. The second kappa shape index (κ2) is 10.1. The third-order valence-corrected chi connectivity index (χ3v) is 5.01. The molecule has 3 N–H and O–H groups in total. The van der Waals surface area contributed by atoms with Crippen LogP contribution in [0.5, 0.6) is 0 Å². The number of nitrogens with one attached hydrogen (secondary N) is 3. The Hall–Kier alpha value is -3.03. The first-order valence-corrected chi connectivity index (χ1v) is 10.2. The Balaban J connectivity index is 1.65. The van der Waals surface area contributed by atoms with Crippen molar-refractivity contribution in [2.75, 3.05) is 33.9 Å². The monoisotopic (exact) mass is 444 g/mol. The Morgan fingerprint density at radius 1 is 0.933 bits per heavy atom. The van der Waals surface area contributed by atoms with Crippen molar-refractivity contribution in [3.8, 4) is 0 Å². The number of hydrogen-bond acceptors (Lipinski definition) is 5. The van der Waals surface area contributed by atoms with Crippen LogP contribution in [0.4, 0.5) is 33.5 Å². The van der Waals surface area contributed by atoms with Crippen LogP contribution in [0.15, 0.2) is 54.9 Å². The van der Waals surface area contributed by atoms with Crippen LogP contribution >= 0.6 is 23.2 Å². The van der Waals surface area contributed by atoms with Gasteiger partial charge in [-0.3, -0.25) is 5.32 Å². The molecule has 0 saturated heterocycles. The molecule has 156 valence electrons. The fourth-order valence-corrected chi connectivity index (χ4v) is 3.36. The number of amides is 2. The molecule has 0 radical (unpaired) electrons. The SMILES string of the molecule is CCN(CC)c1ccc(Nc2cc(NC(=O)Nc3c(Cl)cccc3Cl)ncn2)cc1. The summed E-state index contributed by atoms with van der Waals surface area (Å²) < 4.78 is 0. The van der Waals surface area contributed by atoms with Gasteiger partial charge in [-0.25, -0.2) is 14.8 Å². The number of nitrogens with zero attached hydrogens (tertiary/aromatic N) is 3. The molecular formula is C21H22Cl2N6O. The predicted molar refractivity (Wildman–Crippen MR) is 124 cm³/mol. The summed E-state index contributed by atoms with van der Waals surface area (Å²) in [7, 11) is 0. The van der Waals surface area contributed by atoms with E-state index in [1.165, 1.54) is 6.33 Å². The zero-order chi connectivity index (χ0) is 21.5. The van der Waals surface area contributed by atoms with Gasteiger partial charge in [-0.1, -0.05) is 29.3 Å². The van der Waals surface area contributed by atoms with Gasteiger partial charge >= 0.3 is 6.03 Å². The smallest absolute Gasteiger partial charge is 0.324 e. The molecule has 0 aliphatic rings. The van der Waals surface area contributed by atoms with Gasteiger partial charge in [-0.05, 0) is 50.2 Å². The summed E-state index contributed by atoms with van der Waals surface area (Å²) >= 11 is 12.2. The van der Waals surface area contributed by atoms with Gasteiger partial charge in [0.05, 0.1) is 15.7 Å². The van der Waals surface area contributed by atoms with Gasteiger partial charge in [0.25, 0.3) is 0 Å². The number of carbonyl (C=O) groups excluding carboxylic acids is 1. The Labute approximate surface area is 185 Å². The molecule has 0 aliphatic carbocycles. The van der Waals surface area contributed by atoms with E-state index in [4.69, 9.17) is 23.2 Å². The van der Waals surface area contributed by atoms with E-state index < -0.39 is 6.03 Å². The largest absolute Gasteiger partial charge is 0.372 e. The lowest BCUT2D eigenvalue weighted by atomic mass is 10.2. The van der Waals surface area contributed by atoms with E-state index in [0.29, 0.717) is 27.4 Å². The van der Waals surface area contributed by atoms with Crippen molar-refractivity contribution in [2.24, 2.45) is 0 Å². The number of urea groups is 1. The first kappa shape index (κ1) is 21.7. The molecule has 9 heteroatoms. The van der Waals surface area contributed by atoms with Crippen LogP contribution in [-0.4, -0.2) is 29.1 Å². The zero-order valence-corrected chi connectivity index (χ0v) is 18.1. The lowest BCUT2D eigenvalue weighted by molar-refractivity contribution is 0.262. The molecule has 3 aromatic rings. The van der Waals surface area contributed by atoms with E-state index in [1.54, 1.807) is 24.3 Å². The van der Waals surface area contributed by atoms with Crippen molar-refractivity contribution in [3.05, 3.63) is 64.9 Å². The van der Waals surface area contributed by atoms with Crippen molar-refractivity contribution in [2.45, 2.75) is 13.8 Å². The molecule has 2 aromatic carbocycles. The third kappa shape index (κ3) is 5.52. The van der Waals surface area contributed by atoms with Gasteiger partial charge in [-0.2, -0.15) is 0 Å². The number of halogens is 2. The number of benzene rings is 2. The number of rotatable bonds is 7. The van der Waals surface area contributed by atoms with Gasteiger partial charge in [-0.15, -0.1) is 0 Å². The molecule has 0 unspecified atom stereocenters. The highest BCUT2D eigenvalue weighted by Crippen LogP contribution is 2.30. The summed E-state index contributed by atoms with van der Waals surface area (Å²) in [4.78, 5) is 22.8. The number of para-hydroxylation sites is 1. The highest BCUT2D eigenvalue weighted by molar-refractivity contribution is 6.39. The zero-order valence-electron chi connectivity index (χ0n) is 16.6. The lowest BCUT2D eigenvalue weighted by Gasteiger charge is -2.21. The summed E-state index contributed by atoms with van der Waals surface area (Å²) in [6.07, 6.45) is 1.37. The van der Waals surface area contributed by atoms with Crippen LogP contribution in [0.1, 0.15) is 13.8 Å². The third-order valence-electron chi connectivity index (χ3n) is 4.38. The Bertz CT molecular complexity index is 988. The van der Waals surface area contributed by atoms with Crippen LogP contribution in [0, 0.1) is 0 Å². The number of hydrogen-bond donors (Lipinski definition) is 3. The maximum atomic E-state index is 12.3. The molecule has 0 fully saturated rings. The normalized spacial score (nSPS) is 10.4. The van der Waals surface area contributed by atoms with Crippen molar-refractivity contribution in [1.82, 2.24) is 9.97 Å². The molecule has 0 saturated carbocycles. The summed E-state index contributed by atoms with van der Waals surface area (Å²) in [6.45, 7) is 6.15. The van der Waals surface area contributed by atoms with Crippen LogP contribution in [-0.2, 0) is 0 Å². The van der Waals surface area contributed by atoms with E-state index in [-0.39, 0.29) is 0 Å². The minimum Gasteiger partial charge on any atom is -0.372 e. The maximum absolute atomic E-state index is 12.3. The Morgan fingerprint density at radius 2 is 1.57 bits per heavy atom. The molecule has 7 nitrogen and oxygen atoms in total. The van der Waals surface area contributed by atoms with Crippen LogP contribution in [0.25, 0.3) is 0 Å². The van der Waals surface area contributed by atoms with E-state index in [0.717, 1.165) is 24.5 Å². The molecule has 0 bridgehead atoms. The molecule has 2 amide bonds. The van der Waals surface area contributed by atoms with E-state index in [2.05, 4.69) is 56.8 Å². The second-order valence-electron chi connectivity index (χ2n) is 6.31. The Kier molecular flexibility index (Phi) is 7.32. The predicted octanol–water partition coefficient (Wildman–Crippen LogP) is 6.02. The van der Waals surface area contributed by atoms with Crippen molar-refractivity contribution >= 4 is 57.9 Å². The Morgan fingerprint density at radius 3 is 2.20 bits per heavy atom. The topological polar surface area (TPSA) is 82.2 Å². The molecule has 1 heterocycles. The summed E-state index contributed by atoms with van der Waals surface area (Å²) in [6, 6.07) is 14.2. The molecule has 0 atom stereocenters. The van der Waals surface area contributed by atoms with Crippen molar-refractivity contribution in [1.29, 1.82) is 0 Å². The molecular weight excluding hydrogens is 423 g/mol. The average Bonchev–Trinajstić information content (AvgIpc) is 2.73. The van der Waals surface area contributed by atoms with Crippen molar-refractivity contribution in [3.63, 3.8) is 0 Å². The summed E-state index contributed by atoms with van der Waals surface area (Å²) in [5.74, 6) is 0.875.